The van der Waals surface area contributed by atoms with E-state index in [1.54, 1.807) is 42.5 Å². The Morgan fingerprint density at radius 3 is 2.46 bits per heavy atom. The minimum absolute atomic E-state index is 0.00782. The molecular formula is C23H14N10O2. The first-order chi connectivity index (χ1) is 17.2. The molecule has 5 rings (SSSR count). The highest BCUT2D eigenvalue weighted by molar-refractivity contribution is 6.15. The fourth-order valence-electron chi connectivity index (χ4n) is 3.32. The summed E-state index contributed by atoms with van der Waals surface area (Å²) >= 11 is 0. The van der Waals surface area contributed by atoms with Gasteiger partial charge in [-0.3, -0.25) is 10.1 Å². The van der Waals surface area contributed by atoms with Crippen LogP contribution in [0.1, 0.15) is 15.9 Å². The van der Waals surface area contributed by atoms with Crippen LogP contribution in [0.2, 0.25) is 0 Å². The van der Waals surface area contributed by atoms with Gasteiger partial charge < -0.3 is 5.11 Å². The van der Waals surface area contributed by atoms with Crippen LogP contribution in [0.25, 0.3) is 16.7 Å². The SMILES string of the molecule is N#Cc1cnn(-c2ncccn2)c1/N=N/c1cc2ccccc2c(C(=O)Nc2ncccn2)c1O. The van der Waals surface area contributed by atoms with E-state index < -0.39 is 11.7 Å². The summed E-state index contributed by atoms with van der Waals surface area (Å²) in [4.78, 5) is 29.3. The number of aromatic hydroxyl groups is 1. The first-order valence-electron chi connectivity index (χ1n) is 10.2. The molecule has 0 atom stereocenters. The number of nitriles is 1. The highest BCUT2D eigenvalue weighted by Crippen LogP contribution is 2.38. The Labute approximate surface area is 197 Å². The van der Waals surface area contributed by atoms with Crippen molar-refractivity contribution >= 4 is 34.1 Å². The lowest BCUT2D eigenvalue weighted by molar-refractivity contribution is 0.102. The van der Waals surface area contributed by atoms with Crippen molar-refractivity contribution < 1.29 is 9.90 Å². The van der Waals surface area contributed by atoms with Gasteiger partial charge in [0.25, 0.3) is 11.9 Å². The average molecular weight is 462 g/mol. The second kappa shape index (κ2) is 9.12. The number of aromatic nitrogens is 6. The van der Waals surface area contributed by atoms with Crippen LogP contribution in [0.5, 0.6) is 5.75 Å². The van der Waals surface area contributed by atoms with Crippen LogP contribution in [0.3, 0.4) is 0 Å². The lowest BCUT2D eigenvalue weighted by Gasteiger charge is -2.11. The maximum absolute atomic E-state index is 13.1. The van der Waals surface area contributed by atoms with Crippen LogP contribution in [0.15, 0.2) is 83.7 Å². The number of azo groups is 1. The topological polar surface area (TPSA) is 167 Å². The van der Waals surface area contributed by atoms with Crippen LogP contribution in [-0.4, -0.2) is 40.7 Å². The van der Waals surface area contributed by atoms with Crippen molar-refractivity contribution in [2.45, 2.75) is 0 Å². The normalized spacial score (nSPS) is 10.9. The van der Waals surface area contributed by atoms with E-state index in [1.165, 1.54) is 35.7 Å². The quantitative estimate of drug-likeness (QED) is 0.371. The minimum Gasteiger partial charge on any atom is -0.505 e. The number of fused-ring (bicyclic) bond motifs is 1. The molecule has 0 spiro atoms. The third kappa shape index (κ3) is 4.12. The van der Waals surface area contributed by atoms with Crippen molar-refractivity contribution in [2.75, 3.05) is 5.32 Å². The molecule has 0 saturated heterocycles. The molecule has 12 nitrogen and oxygen atoms in total. The number of nitrogens with one attached hydrogen (secondary N) is 1. The van der Waals surface area contributed by atoms with Gasteiger partial charge in [-0.25, -0.2) is 19.9 Å². The van der Waals surface area contributed by atoms with Gasteiger partial charge in [-0.15, -0.1) is 10.2 Å². The Morgan fingerprint density at radius 1 is 1.00 bits per heavy atom. The van der Waals surface area contributed by atoms with Gasteiger partial charge >= 0.3 is 0 Å². The fourth-order valence-corrected chi connectivity index (χ4v) is 3.32. The van der Waals surface area contributed by atoms with Gasteiger partial charge in [0.1, 0.15) is 17.3 Å². The van der Waals surface area contributed by atoms with Crippen molar-refractivity contribution in [3.8, 4) is 17.8 Å². The van der Waals surface area contributed by atoms with E-state index in [-0.39, 0.29) is 34.5 Å². The number of hydrogen-bond donors (Lipinski definition) is 2. The van der Waals surface area contributed by atoms with Crippen LogP contribution in [0, 0.1) is 11.3 Å². The van der Waals surface area contributed by atoms with E-state index in [1.807, 2.05) is 6.07 Å². The number of benzene rings is 2. The molecule has 2 N–H and O–H groups in total. The highest BCUT2D eigenvalue weighted by atomic mass is 16.3. The van der Waals surface area contributed by atoms with Gasteiger partial charge in [0.15, 0.2) is 11.6 Å². The zero-order chi connectivity index (χ0) is 24.2. The van der Waals surface area contributed by atoms with Crippen molar-refractivity contribution in [2.24, 2.45) is 10.2 Å². The molecule has 12 heteroatoms. The third-order valence-electron chi connectivity index (χ3n) is 4.88. The number of phenolic OH excluding ortho intramolecular Hbond substituents is 1. The molecule has 0 fully saturated rings. The van der Waals surface area contributed by atoms with E-state index in [0.29, 0.717) is 10.8 Å². The predicted octanol–water partition coefficient (Wildman–Crippen LogP) is 3.85. The summed E-state index contributed by atoms with van der Waals surface area (Å²) in [7, 11) is 0. The Balaban J connectivity index is 1.60. The van der Waals surface area contributed by atoms with Gasteiger partial charge in [-0.1, -0.05) is 24.3 Å². The molecule has 0 aliphatic rings. The lowest BCUT2D eigenvalue weighted by Crippen LogP contribution is -2.14. The maximum Gasteiger partial charge on any atom is 0.262 e. The Kier molecular flexibility index (Phi) is 5.55. The van der Waals surface area contributed by atoms with E-state index in [4.69, 9.17) is 0 Å². The molecule has 3 aromatic heterocycles. The third-order valence-corrected chi connectivity index (χ3v) is 4.88. The number of carbonyl (C=O) groups is 1. The van der Waals surface area contributed by atoms with Crippen LogP contribution in [-0.2, 0) is 0 Å². The first-order valence-corrected chi connectivity index (χ1v) is 10.2. The number of nitrogens with zero attached hydrogens (tertiary/aromatic N) is 9. The largest absolute Gasteiger partial charge is 0.505 e. The van der Waals surface area contributed by atoms with Crippen LogP contribution < -0.4 is 5.32 Å². The summed E-state index contributed by atoms with van der Waals surface area (Å²) in [6, 6.07) is 13.8. The minimum atomic E-state index is -0.623. The van der Waals surface area contributed by atoms with E-state index in [9.17, 15) is 15.2 Å². The number of anilines is 1. The Hall–Kier alpha value is -5.57. The number of carbonyl (C=O) groups excluding carboxylic acids is 1. The predicted molar refractivity (Wildman–Crippen MR) is 124 cm³/mol. The second-order valence-electron chi connectivity index (χ2n) is 7.02. The molecule has 0 aliphatic heterocycles. The Morgan fingerprint density at radius 2 is 1.71 bits per heavy atom. The van der Waals surface area contributed by atoms with Gasteiger partial charge in [-0.05, 0) is 29.0 Å². The first kappa shape index (κ1) is 21.3. The van der Waals surface area contributed by atoms with Gasteiger partial charge in [0.2, 0.25) is 5.95 Å². The average Bonchev–Trinajstić information content (AvgIpc) is 3.31. The summed E-state index contributed by atoms with van der Waals surface area (Å²) in [6.45, 7) is 0. The van der Waals surface area contributed by atoms with E-state index in [0.717, 1.165) is 0 Å². The summed E-state index contributed by atoms with van der Waals surface area (Å²) in [5.74, 6) is -0.689. The summed E-state index contributed by atoms with van der Waals surface area (Å²) in [5.41, 5.74) is 0.110. The monoisotopic (exact) mass is 462 g/mol. The highest BCUT2D eigenvalue weighted by Gasteiger charge is 2.21. The number of rotatable bonds is 5. The zero-order valence-electron chi connectivity index (χ0n) is 17.8. The summed E-state index contributed by atoms with van der Waals surface area (Å²) in [5, 5.41) is 36.6. The maximum atomic E-state index is 13.1. The van der Waals surface area contributed by atoms with Crippen LogP contribution >= 0.6 is 0 Å². The lowest BCUT2D eigenvalue weighted by atomic mass is 10.0. The molecule has 1 amide bonds. The van der Waals surface area contributed by atoms with Gasteiger partial charge in [0, 0.05) is 24.8 Å². The second-order valence-corrected chi connectivity index (χ2v) is 7.02. The van der Waals surface area contributed by atoms with Crippen LogP contribution in [0.4, 0.5) is 17.5 Å². The zero-order valence-corrected chi connectivity index (χ0v) is 17.8. The molecule has 35 heavy (non-hydrogen) atoms. The smallest absolute Gasteiger partial charge is 0.262 e. The summed E-state index contributed by atoms with van der Waals surface area (Å²) in [6.07, 6.45) is 7.32. The molecule has 3 heterocycles. The number of amides is 1. The molecule has 0 bridgehead atoms. The molecule has 0 unspecified atom stereocenters. The van der Waals surface area contributed by atoms with Crippen molar-refractivity contribution in [3.05, 3.63) is 84.6 Å². The Bertz CT molecular complexity index is 1610. The van der Waals surface area contributed by atoms with Crippen molar-refractivity contribution in [1.82, 2.24) is 29.7 Å². The standard InChI is InChI=1S/C23H14N10O2/c24-12-15-13-29-33(23-27-9-4-10-28-23)20(15)32-31-17-11-14-5-1-2-6-16(14)18(19(17)34)21(35)30-22-25-7-3-8-26-22/h1-11,13,34H,(H,25,26,30,35)/b32-31+. The van der Waals surface area contributed by atoms with Crippen molar-refractivity contribution in [1.29, 1.82) is 5.26 Å². The molecule has 0 saturated carbocycles. The molecule has 168 valence electrons. The van der Waals surface area contributed by atoms with Gasteiger partial charge in [0.05, 0.1) is 11.8 Å². The fraction of sp³-hybridized carbons (Fsp3) is 0. The molecule has 0 aliphatic carbocycles. The van der Waals surface area contributed by atoms with Gasteiger partial charge in [-0.2, -0.15) is 15.0 Å². The molecule has 2 aromatic carbocycles. The molecular weight excluding hydrogens is 448 g/mol. The molecule has 0 radical (unpaired) electrons. The number of phenols is 1. The molecule has 5 aromatic rings. The number of hydrogen-bond acceptors (Lipinski definition) is 10. The van der Waals surface area contributed by atoms with E-state index >= 15 is 0 Å². The van der Waals surface area contributed by atoms with Crippen molar-refractivity contribution in [3.63, 3.8) is 0 Å². The van der Waals surface area contributed by atoms with E-state index in [2.05, 4.69) is 40.6 Å². The summed E-state index contributed by atoms with van der Waals surface area (Å²) < 4.78 is 1.25.